The van der Waals surface area contributed by atoms with Gasteiger partial charge in [0, 0.05) is 36.6 Å². The summed E-state index contributed by atoms with van der Waals surface area (Å²) >= 11 is 0. The highest BCUT2D eigenvalue weighted by molar-refractivity contribution is 6.37. The fourth-order valence-electron chi connectivity index (χ4n) is 1.36. The zero-order chi connectivity index (χ0) is 9.97. The molecular formula is C10H10N4. The van der Waals surface area contributed by atoms with Gasteiger partial charge in [-0.3, -0.25) is 4.99 Å². The van der Waals surface area contributed by atoms with Crippen LogP contribution in [-0.4, -0.2) is 28.9 Å². The van der Waals surface area contributed by atoms with Gasteiger partial charge in [0.15, 0.2) is 0 Å². The first kappa shape index (κ1) is 8.62. The van der Waals surface area contributed by atoms with Crippen LogP contribution in [0.15, 0.2) is 29.5 Å². The molecule has 0 aliphatic heterocycles. The average Bonchev–Trinajstić information content (AvgIpc) is 2.66. The maximum Gasteiger partial charge on any atom is 0.137 e. The fraction of sp³-hybridized carbons (Fsp3) is 0.100. The summed E-state index contributed by atoms with van der Waals surface area (Å²) in [6.07, 6.45) is 4.79. The first-order valence-corrected chi connectivity index (χ1v) is 4.26. The van der Waals surface area contributed by atoms with Crippen LogP contribution in [0.1, 0.15) is 5.56 Å². The Morgan fingerprint density at radius 1 is 1.64 bits per heavy atom. The molecule has 0 aliphatic carbocycles. The molecule has 0 fully saturated rings. The summed E-state index contributed by atoms with van der Waals surface area (Å²) in [6, 6.07) is 3.91. The Kier molecular flexibility index (Phi) is 2.10. The molecule has 14 heavy (non-hydrogen) atoms. The number of H-pyrrole nitrogens is 1. The van der Waals surface area contributed by atoms with Crippen LogP contribution in [0.4, 0.5) is 0 Å². The summed E-state index contributed by atoms with van der Waals surface area (Å²) in [7, 11) is 1.67. The van der Waals surface area contributed by atoms with Crippen LogP contribution in [0.2, 0.25) is 0 Å². The predicted octanol–water partition coefficient (Wildman–Crippen LogP) is 1.63. The van der Waals surface area contributed by atoms with E-state index in [1.165, 1.54) is 6.21 Å². The summed E-state index contributed by atoms with van der Waals surface area (Å²) in [5.41, 5.74) is 2.37. The number of nitrogens with zero attached hydrogens (tertiary/aromatic N) is 2. The molecule has 0 spiro atoms. The Bertz CT molecular complexity index is 496. The van der Waals surface area contributed by atoms with E-state index >= 15 is 0 Å². The molecule has 2 heterocycles. The quantitative estimate of drug-likeness (QED) is 0.688. The van der Waals surface area contributed by atoms with Gasteiger partial charge in [-0.2, -0.15) is 0 Å². The number of hydrogen-bond acceptors (Lipinski definition) is 3. The van der Waals surface area contributed by atoms with Crippen molar-refractivity contribution >= 4 is 23.0 Å². The van der Waals surface area contributed by atoms with E-state index in [4.69, 9.17) is 5.41 Å². The third-order valence-electron chi connectivity index (χ3n) is 2.07. The highest BCUT2D eigenvalue weighted by atomic mass is 14.8. The largest absolute Gasteiger partial charge is 0.346 e. The van der Waals surface area contributed by atoms with Gasteiger partial charge in [0.25, 0.3) is 0 Å². The fourth-order valence-corrected chi connectivity index (χ4v) is 1.36. The maximum absolute atomic E-state index is 7.18. The lowest BCUT2D eigenvalue weighted by atomic mass is 10.1. The average molecular weight is 186 g/mol. The van der Waals surface area contributed by atoms with Crippen molar-refractivity contribution in [1.29, 1.82) is 5.41 Å². The lowest BCUT2D eigenvalue weighted by Gasteiger charge is -1.98. The molecule has 0 aromatic carbocycles. The molecule has 70 valence electrons. The minimum absolute atomic E-state index is 0.639. The maximum atomic E-state index is 7.18. The molecule has 0 atom stereocenters. The van der Waals surface area contributed by atoms with Crippen LogP contribution in [0.5, 0.6) is 0 Å². The van der Waals surface area contributed by atoms with Crippen LogP contribution in [-0.2, 0) is 0 Å². The van der Waals surface area contributed by atoms with Gasteiger partial charge in [-0.05, 0) is 12.1 Å². The number of aliphatic imine (C=N–C) groups is 1. The molecule has 2 rings (SSSR count). The minimum atomic E-state index is 0.639. The smallest absolute Gasteiger partial charge is 0.137 e. The standard InChI is InChI=1S/C10H10N4/c1-12-9(5-11)8-4-7-2-3-13-10(7)14-6-8/h2-6,11H,1H3,(H,13,14). The number of aromatic nitrogens is 2. The van der Waals surface area contributed by atoms with E-state index in [2.05, 4.69) is 15.0 Å². The van der Waals surface area contributed by atoms with Crippen molar-refractivity contribution in [1.82, 2.24) is 9.97 Å². The number of fused-ring (bicyclic) bond motifs is 1. The molecule has 2 N–H and O–H groups in total. The normalized spacial score (nSPS) is 11.9. The third-order valence-corrected chi connectivity index (χ3v) is 2.07. The SMILES string of the molecule is CN=C(C=N)c1cnc2[nH]ccc2c1. The van der Waals surface area contributed by atoms with Crippen molar-refractivity contribution in [2.75, 3.05) is 7.05 Å². The first-order valence-electron chi connectivity index (χ1n) is 4.26. The Labute approximate surface area is 81.2 Å². The van der Waals surface area contributed by atoms with Gasteiger partial charge < -0.3 is 10.4 Å². The number of pyridine rings is 1. The van der Waals surface area contributed by atoms with E-state index in [1.54, 1.807) is 13.2 Å². The molecule has 0 radical (unpaired) electrons. The van der Waals surface area contributed by atoms with Crippen molar-refractivity contribution < 1.29 is 0 Å². The Hall–Kier alpha value is -1.97. The molecular weight excluding hydrogens is 176 g/mol. The van der Waals surface area contributed by atoms with Gasteiger partial charge in [-0.1, -0.05) is 0 Å². The third kappa shape index (κ3) is 1.31. The zero-order valence-electron chi connectivity index (χ0n) is 7.78. The van der Waals surface area contributed by atoms with Crippen molar-refractivity contribution in [3.05, 3.63) is 30.1 Å². The summed E-state index contributed by atoms with van der Waals surface area (Å²) in [4.78, 5) is 11.2. The van der Waals surface area contributed by atoms with E-state index in [9.17, 15) is 0 Å². The van der Waals surface area contributed by atoms with Crippen molar-refractivity contribution in [3.63, 3.8) is 0 Å². The van der Waals surface area contributed by atoms with Gasteiger partial charge >= 0.3 is 0 Å². The number of rotatable bonds is 2. The van der Waals surface area contributed by atoms with Crippen molar-refractivity contribution in [2.24, 2.45) is 4.99 Å². The van der Waals surface area contributed by atoms with E-state index in [-0.39, 0.29) is 0 Å². The van der Waals surface area contributed by atoms with Gasteiger partial charge in [0.05, 0.1) is 5.71 Å². The highest BCUT2D eigenvalue weighted by Crippen LogP contribution is 2.11. The lowest BCUT2D eigenvalue weighted by Crippen LogP contribution is -2.01. The van der Waals surface area contributed by atoms with E-state index < -0.39 is 0 Å². The summed E-state index contributed by atoms with van der Waals surface area (Å²) in [5.74, 6) is 0. The molecule has 0 amide bonds. The Balaban J connectivity index is 2.58. The van der Waals surface area contributed by atoms with Crippen molar-refractivity contribution in [3.8, 4) is 0 Å². The van der Waals surface area contributed by atoms with Crippen LogP contribution < -0.4 is 0 Å². The first-order chi connectivity index (χ1) is 6.85. The van der Waals surface area contributed by atoms with Gasteiger partial charge in [0.2, 0.25) is 0 Å². The summed E-state index contributed by atoms with van der Waals surface area (Å²) in [6.45, 7) is 0. The van der Waals surface area contributed by atoms with E-state index in [1.807, 2.05) is 18.3 Å². The molecule has 0 bridgehead atoms. The number of aromatic amines is 1. The second-order valence-electron chi connectivity index (χ2n) is 2.89. The molecule has 0 saturated carbocycles. The highest BCUT2D eigenvalue weighted by Gasteiger charge is 2.02. The van der Waals surface area contributed by atoms with Gasteiger partial charge in [-0.25, -0.2) is 4.98 Å². The topological polar surface area (TPSA) is 64.9 Å². The molecule has 0 aliphatic rings. The van der Waals surface area contributed by atoms with Gasteiger partial charge in [0.1, 0.15) is 5.65 Å². The summed E-state index contributed by atoms with van der Waals surface area (Å²) < 4.78 is 0. The van der Waals surface area contributed by atoms with E-state index in [0.717, 1.165) is 16.6 Å². The minimum Gasteiger partial charge on any atom is -0.346 e. The van der Waals surface area contributed by atoms with E-state index in [0.29, 0.717) is 5.71 Å². The second-order valence-corrected chi connectivity index (χ2v) is 2.89. The second kappa shape index (κ2) is 3.41. The lowest BCUT2D eigenvalue weighted by molar-refractivity contribution is 1.31. The monoisotopic (exact) mass is 186 g/mol. The molecule has 4 heteroatoms. The molecule has 0 saturated heterocycles. The van der Waals surface area contributed by atoms with Gasteiger partial charge in [-0.15, -0.1) is 0 Å². The Morgan fingerprint density at radius 2 is 2.50 bits per heavy atom. The van der Waals surface area contributed by atoms with Crippen LogP contribution in [0, 0.1) is 5.41 Å². The molecule has 2 aromatic rings. The number of nitrogens with one attached hydrogen (secondary N) is 2. The molecule has 4 nitrogen and oxygen atoms in total. The molecule has 2 aromatic heterocycles. The van der Waals surface area contributed by atoms with Crippen LogP contribution >= 0.6 is 0 Å². The molecule has 0 unspecified atom stereocenters. The predicted molar refractivity (Wildman–Crippen MR) is 57.3 cm³/mol. The van der Waals surface area contributed by atoms with Crippen LogP contribution in [0.3, 0.4) is 0 Å². The zero-order valence-corrected chi connectivity index (χ0v) is 7.78. The summed E-state index contributed by atoms with van der Waals surface area (Å²) in [5, 5.41) is 8.21. The van der Waals surface area contributed by atoms with Crippen LogP contribution in [0.25, 0.3) is 11.0 Å². The number of hydrogen-bond donors (Lipinski definition) is 2. The Morgan fingerprint density at radius 3 is 3.21 bits per heavy atom. The van der Waals surface area contributed by atoms with Crippen molar-refractivity contribution in [2.45, 2.75) is 0 Å².